The average molecular weight is 249 g/mol. The molecule has 1 aliphatic rings. The van der Waals surface area contributed by atoms with Crippen molar-refractivity contribution in [3.05, 3.63) is 29.3 Å². The average Bonchev–Trinajstić information content (AvgIpc) is 2.40. The summed E-state index contributed by atoms with van der Waals surface area (Å²) in [6, 6.07) is 6.34. The van der Waals surface area contributed by atoms with Crippen molar-refractivity contribution in [2.75, 3.05) is 31.7 Å². The lowest BCUT2D eigenvalue weighted by Crippen LogP contribution is -2.35. The molecule has 1 aromatic carbocycles. The van der Waals surface area contributed by atoms with Gasteiger partial charge in [-0.25, -0.2) is 0 Å². The summed E-state index contributed by atoms with van der Waals surface area (Å²) >= 11 is 0. The summed E-state index contributed by atoms with van der Waals surface area (Å²) in [5.41, 5.74) is 3.44. The van der Waals surface area contributed by atoms with Gasteiger partial charge in [-0.05, 0) is 31.7 Å². The first-order valence-electron chi connectivity index (χ1n) is 6.69. The lowest BCUT2D eigenvalue weighted by Gasteiger charge is -2.34. The number of aliphatic hydroxyl groups is 1. The van der Waals surface area contributed by atoms with E-state index in [2.05, 4.69) is 30.0 Å². The molecule has 1 N–H and O–H groups in total. The Balaban J connectivity index is 2.05. The Morgan fingerprint density at radius 2 is 2.06 bits per heavy atom. The third kappa shape index (κ3) is 3.03. The maximum Gasteiger partial charge on any atom is 0.0702 e. The van der Waals surface area contributed by atoms with Crippen molar-refractivity contribution < 1.29 is 9.84 Å². The fraction of sp³-hybridized carbons (Fsp3) is 0.600. The molecule has 0 saturated carbocycles. The van der Waals surface area contributed by atoms with E-state index in [9.17, 15) is 5.11 Å². The normalized spacial score (nSPS) is 17.2. The highest BCUT2D eigenvalue weighted by Gasteiger charge is 2.20. The Labute approximate surface area is 109 Å². The molecule has 3 heteroatoms. The number of ether oxygens (including phenoxy) is 1. The minimum atomic E-state index is 0.120. The summed E-state index contributed by atoms with van der Waals surface area (Å²) in [5.74, 6) is 0.689. The molecule has 1 saturated heterocycles. The van der Waals surface area contributed by atoms with Crippen molar-refractivity contribution in [3.63, 3.8) is 0 Å². The zero-order valence-corrected chi connectivity index (χ0v) is 11.4. The number of rotatable bonds is 4. The second-order valence-corrected chi connectivity index (χ2v) is 5.18. The lowest BCUT2D eigenvalue weighted by atomic mass is 9.96. The van der Waals surface area contributed by atoms with Crippen LogP contribution in [0.5, 0.6) is 0 Å². The molecule has 0 radical (unpaired) electrons. The van der Waals surface area contributed by atoms with E-state index >= 15 is 0 Å². The van der Waals surface area contributed by atoms with Crippen LogP contribution in [0.1, 0.15) is 24.0 Å². The van der Waals surface area contributed by atoms with Crippen LogP contribution in [-0.2, 0) is 11.3 Å². The highest BCUT2D eigenvalue weighted by atomic mass is 16.5. The molecule has 3 nitrogen and oxygen atoms in total. The molecule has 1 heterocycles. The molecule has 1 aliphatic heterocycles. The molecule has 0 atom stereocenters. The van der Waals surface area contributed by atoms with E-state index < -0.39 is 0 Å². The molecule has 100 valence electrons. The van der Waals surface area contributed by atoms with Gasteiger partial charge < -0.3 is 14.7 Å². The van der Waals surface area contributed by atoms with Crippen LogP contribution in [0.4, 0.5) is 5.69 Å². The van der Waals surface area contributed by atoms with Crippen molar-refractivity contribution in [1.29, 1.82) is 0 Å². The van der Waals surface area contributed by atoms with Crippen molar-refractivity contribution >= 4 is 5.69 Å². The van der Waals surface area contributed by atoms with Crippen molar-refractivity contribution in [1.82, 2.24) is 0 Å². The maximum absolute atomic E-state index is 9.46. The molecule has 1 fully saturated rings. The summed E-state index contributed by atoms with van der Waals surface area (Å²) in [4.78, 5) is 2.39. The lowest BCUT2D eigenvalue weighted by molar-refractivity contribution is 0.139. The van der Waals surface area contributed by atoms with Crippen LogP contribution in [0.2, 0.25) is 0 Å². The van der Waals surface area contributed by atoms with Gasteiger partial charge in [0.05, 0.1) is 6.61 Å². The second kappa shape index (κ2) is 6.21. The topological polar surface area (TPSA) is 32.7 Å². The standard InChI is InChI=1S/C15H23NO2/c1-12-3-4-15(14(9-12)10-17)16-7-5-13(6-8-16)11-18-2/h3-4,9,13,17H,5-8,10-11H2,1-2H3. The van der Waals surface area contributed by atoms with Gasteiger partial charge in [-0.2, -0.15) is 0 Å². The first-order valence-corrected chi connectivity index (χ1v) is 6.69. The summed E-state index contributed by atoms with van der Waals surface area (Å²) in [6.07, 6.45) is 2.35. The van der Waals surface area contributed by atoms with Crippen LogP contribution in [0.15, 0.2) is 18.2 Å². The number of aryl methyl sites for hydroxylation is 1. The van der Waals surface area contributed by atoms with Gasteiger partial charge in [0.2, 0.25) is 0 Å². The Kier molecular flexibility index (Phi) is 4.61. The van der Waals surface area contributed by atoms with Gasteiger partial charge in [0.1, 0.15) is 0 Å². The van der Waals surface area contributed by atoms with Crippen LogP contribution in [0.3, 0.4) is 0 Å². The molecule has 0 aliphatic carbocycles. The van der Waals surface area contributed by atoms with Crippen LogP contribution in [0.25, 0.3) is 0 Å². The molecule has 0 unspecified atom stereocenters. The van der Waals surface area contributed by atoms with Crippen LogP contribution in [-0.4, -0.2) is 31.9 Å². The van der Waals surface area contributed by atoms with Crippen molar-refractivity contribution in [2.24, 2.45) is 5.92 Å². The number of methoxy groups -OCH3 is 1. The van der Waals surface area contributed by atoms with E-state index in [1.54, 1.807) is 7.11 Å². The SMILES string of the molecule is COCC1CCN(c2ccc(C)cc2CO)CC1. The van der Waals surface area contributed by atoms with Crippen molar-refractivity contribution in [3.8, 4) is 0 Å². The number of piperidine rings is 1. The van der Waals surface area contributed by atoms with Gasteiger partial charge in [0.25, 0.3) is 0 Å². The van der Waals surface area contributed by atoms with Crippen LogP contribution < -0.4 is 4.90 Å². The second-order valence-electron chi connectivity index (χ2n) is 5.18. The van der Waals surface area contributed by atoms with Gasteiger partial charge in [0, 0.05) is 38.1 Å². The van der Waals surface area contributed by atoms with Gasteiger partial charge in [-0.1, -0.05) is 17.7 Å². The first-order chi connectivity index (χ1) is 8.74. The number of aliphatic hydroxyl groups excluding tert-OH is 1. The van der Waals surface area contributed by atoms with E-state index in [1.807, 2.05) is 0 Å². The van der Waals surface area contributed by atoms with E-state index in [1.165, 1.54) is 24.1 Å². The predicted molar refractivity (Wildman–Crippen MR) is 73.9 cm³/mol. The Morgan fingerprint density at radius 3 is 2.67 bits per heavy atom. The number of hydrogen-bond acceptors (Lipinski definition) is 3. The van der Waals surface area contributed by atoms with Gasteiger partial charge in [0.15, 0.2) is 0 Å². The fourth-order valence-electron chi connectivity index (χ4n) is 2.73. The third-order valence-corrected chi connectivity index (χ3v) is 3.76. The van der Waals surface area contributed by atoms with E-state index in [4.69, 9.17) is 4.74 Å². The highest BCUT2D eigenvalue weighted by Crippen LogP contribution is 2.27. The van der Waals surface area contributed by atoms with Crippen LogP contribution >= 0.6 is 0 Å². The molecular formula is C15H23NO2. The van der Waals surface area contributed by atoms with E-state index in [0.29, 0.717) is 5.92 Å². The predicted octanol–water partition coefficient (Wildman–Crippen LogP) is 2.35. The Bertz CT molecular complexity index is 384. The Morgan fingerprint density at radius 1 is 1.33 bits per heavy atom. The van der Waals surface area contributed by atoms with Crippen LogP contribution in [0, 0.1) is 12.8 Å². The number of benzene rings is 1. The number of anilines is 1. The minimum absolute atomic E-state index is 0.120. The zero-order valence-electron chi connectivity index (χ0n) is 11.4. The smallest absolute Gasteiger partial charge is 0.0702 e. The summed E-state index contributed by atoms with van der Waals surface area (Å²) in [7, 11) is 1.77. The monoisotopic (exact) mass is 249 g/mol. The van der Waals surface area contributed by atoms with Crippen molar-refractivity contribution in [2.45, 2.75) is 26.4 Å². The maximum atomic E-state index is 9.46. The summed E-state index contributed by atoms with van der Waals surface area (Å²) < 4.78 is 5.22. The first kappa shape index (κ1) is 13.4. The van der Waals surface area contributed by atoms with Gasteiger partial charge >= 0.3 is 0 Å². The molecular weight excluding hydrogens is 226 g/mol. The third-order valence-electron chi connectivity index (χ3n) is 3.76. The molecule has 0 spiro atoms. The molecule has 0 aromatic heterocycles. The van der Waals surface area contributed by atoms with E-state index in [0.717, 1.165) is 25.3 Å². The molecule has 2 rings (SSSR count). The van der Waals surface area contributed by atoms with Gasteiger partial charge in [-0.15, -0.1) is 0 Å². The molecule has 0 bridgehead atoms. The largest absolute Gasteiger partial charge is 0.392 e. The fourth-order valence-corrected chi connectivity index (χ4v) is 2.73. The Hall–Kier alpha value is -1.06. The zero-order chi connectivity index (χ0) is 13.0. The van der Waals surface area contributed by atoms with E-state index in [-0.39, 0.29) is 6.61 Å². The van der Waals surface area contributed by atoms with Gasteiger partial charge in [-0.3, -0.25) is 0 Å². The molecule has 18 heavy (non-hydrogen) atoms. The molecule has 0 amide bonds. The number of nitrogens with zero attached hydrogens (tertiary/aromatic N) is 1. The quantitative estimate of drug-likeness (QED) is 0.889. The minimum Gasteiger partial charge on any atom is -0.392 e. The number of hydrogen-bond donors (Lipinski definition) is 1. The highest BCUT2D eigenvalue weighted by molar-refractivity contribution is 5.55. The summed E-state index contributed by atoms with van der Waals surface area (Å²) in [5, 5.41) is 9.46. The summed E-state index contributed by atoms with van der Waals surface area (Å²) in [6.45, 7) is 5.17. The molecule has 1 aromatic rings.